The molecule has 0 unspecified atom stereocenters. The van der Waals surface area contributed by atoms with E-state index in [1.54, 1.807) is 12.1 Å². The van der Waals surface area contributed by atoms with Crippen molar-refractivity contribution in [3.8, 4) is 0 Å². The lowest BCUT2D eigenvalue weighted by Crippen LogP contribution is -2.47. The van der Waals surface area contributed by atoms with Crippen molar-refractivity contribution in [3.63, 3.8) is 0 Å². The van der Waals surface area contributed by atoms with Crippen molar-refractivity contribution in [3.05, 3.63) is 71.0 Å². The molecule has 1 N–H and O–H groups in total. The third kappa shape index (κ3) is 5.03. The Hall–Kier alpha value is -2.24. The molecule has 0 saturated carbocycles. The van der Waals surface area contributed by atoms with Crippen molar-refractivity contribution in [2.24, 2.45) is 0 Å². The number of carbonyl (C=O) groups is 1. The van der Waals surface area contributed by atoms with Gasteiger partial charge in [-0.3, -0.25) is 9.69 Å². The Bertz CT molecular complexity index is 814. The van der Waals surface area contributed by atoms with Gasteiger partial charge in [0.1, 0.15) is 5.82 Å². The minimum atomic E-state index is -0.671. The Morgan fingerprint density at radius 2 is 1.72 bits per heavy atom. The first-order chi connectivity index (χ1) is 13.9. The Morgan fingerprint density at radius 1 is 1.10 bits per heavy atom. The number of nitrogens with zero attached hydrogens (tertiary/aromatic N) is 1. The van der Waals surface area contributed by atoms with Gasteiger partial charge in [0.05, 0.1) is 5.41 Å². The van der Waals surface area contributed by atoms with Gasteiger partial charge < -0.3 is 10.1 Å². The van der Waals surface area contributed by atoms with Crippen LogP contribution >= 0.6 is 0 Å². The molecule has 2 aromatic carbocycles. The number of hydrogen-bond donors (Lipinski definition) is 1. The summed E-state index contributed by atoms with van der Waals surface area (Å²) in [4.78, 5) is 15.6. The van der Waals surface area contributed by atoms with Gasteiger partial charge in [-0.2, -0.15) is 0 Å². The number of carbonyl (C=O) groups excluding carboxylic acids is 1. The molecule has 1 aliphatic rings. The molecule has 1 amide bonds. The summed E-state index contributed by atoms with van der Waals surface area (Å²) in [6.45, 7) is 6.70. The van der Waals surface area contributed by atoms with E-state index < -0.39 is 5.41 Å². The number of halogens is 1. The van der Waals surface area contributed by atoms with Crippen molar-refractivity contribution in [2.75, 3.05) is 20.3 Å². The van der Waals surface area contributed by atoms with Gasteiger partial charge in [0.2, 0.25) is 5.91 Å². The van der Waals surface area contributed by atoms with E-state index >= 15 is 0 Å². The lowest BCUT2D eigenvalue weighted by atomic mass is 9.73. The maximum absolute atomic E-state index is 13.4. The summed E-state index contributed by atoms with van der Waals surface area (Å²) >= 11 is 0. The lowest BCUT2D eigenvalue weighted by molar-refractivity contribution is -0.130. The third-order valence-corrected chi connectivity index (χ3v) is 6.04. The predicted molar refractivity (Wildman–Crippen MR) is 113 cm³/mol. The molecular formula is C24H31FN2O2. The fourth-order valence-corrected chi connectivity index (χ4v) is 3.82. The fourth-order valence-electron chi connectivity index (χ4n) is 3.82. The molecule has 0 aliphatic carbocycles. The highest BCUT2D eigenvalue weighted by molar-refractivity contribution is 5.88. The van der Waals surface area contributed by atoms with Crippen molar-refractivity contribution in [1.82, 2.24) is 10.2 Å². The van der Waals surface area contributed by atoms with Crippen LogP contribution in [0.5, 0.6) is 0 Å². The van der Waals surface area contributed by atoms with Crippen LogP contribution in [0.4, 0.5) is 4.39 Å². The van der Waals surface area contributed by atoms with Crippen LogP contribution in [0.15, 0.2) is 48.5 Å². The predicted octanol–water partition coefficient (Wildman–Crippen LogP) is 4.03. The van der Waals surface area contributed by atoms with Crippen LogP contribution in [0.3, 0.4) is 0 Å². The average Bonchev–Trinajstić information content (AvgIpc) is 2.73. The summed E-state index contributed by atoms with van der Waals surface area (Å²) in [6, 6.07) is 15.0. The molecule has 1 fully saturated rings. The second-order valence-electron chi connectivity index (χ2n) is 8.16. The lowest BCUT2D eigenvalue weighted by Gasteiger charge is -2.36. The number of nitrogens with one attached hydrogen (secondary N) is 1. The molecule has 1 saturated heterocycles. The number of ether oxygens (including phenoxy) is 1. The molecule has 1 heterocycles. The largest absolute Gasteiger partial charge is 0.381 e. The third-order valence-electron chi connectivity index (χ3n) is 6.04. The highest BCUT2D eigenvalue weighted by Gasteiger charge is 2.41. The summed E-state index contributed by atoms with van der Waals surface area (Å²) in [5, 5.41) is 3.16. The summed E-state index contributed by atoms with van der Waals surface area (Å²) in [6.07, 6.45) is 1.20. The van der Waals surface area contributed by atoms with Crippen LogP contribution in [-0.2, 0) is 28.0 Å². The van der Waals surface area contributed by atoms with Crippen molar-refractivity contribution < 1.29 is 13.9 Å². The monoisotopic (exact) mass is 398 g/mol. The fraction of sp³-hybridized carbons (Fsp3) is 0.458. The highest BCUT2D eigenvalue weighted by atomic mass is 19.1. The minimum absolute atomic E-state index is 0.0144. The molecule has 1 aliphatic heterocycles. The van der Waals surface area contributed by atoms with Crippen LogP contribution < -0.4 is 5.32 Å². The summed E-state index contributed by atoms with van der Waals surface area (Å²) in [5.74, 6) is -0.306. The molecule has 5 heteroatoms. The van der Waals surface area contributed by atoms with Gasteiger partial charge in [-0.15, -0.1) is 0 Å². The molecule has 0 aromatic heterocycles. The van der Waals surface area contributed by atoms with Gasteiger partial charge in [-0.25, -0.2) is 4.39 Å². The zero-order valence-electron chi connectivity index (χ0n) is 17.6. The Kier molecular flexibility index (Phi) is 7.04. The molecule has 4 nitrogen and oxygen atoms in total. The SMILES string of the molecule is CC(C)N(C)Cc1ccccc1CNC(=O)C1(c2ccc(F)cc2)CCOCC1. The van der Waals surface area contributed by atoms with Crippen molar-refractivity contribution in [2.45, 2.75) is 51.2 Å². The number of hydrogen-bond acceptors (Lipinski definition) is 3. The van der Waals surface area contributed by atoms with Crippen molar-refractivity contribution in [1.29, 1.82) is 0 Å². The van der Waals surface area contributed by atoms with E-state index in [9.17, 15) is 9.18 Å². The van der Waals surface area contributed by atoms with E-state index in [4.69, 9.17) is 4.74 Å². The van der Waals surface area contributed by atoms with Crippen LogP contribution in [0.1, 0.15) is 43.4 Å². The first-order valence-electron chi connectivity index (χ1n) is 10.3. The van der Waals surface area contributed by atoms with E-state index in [1.807, 2.05) is 12.1 Å². The molecule has 0 spiro atoms. The first-order valence-corrected chi connectivity index (χ1v) is 10.3. The van der Waals surface area contributed by atoms with Crippen LogP contribution in [0, 0.1) is 5.82 Å². The number of rotatable bonds is 7. The van der Waals surface area contributed by atoms with Gasteiger partial charge in [0.25, 0.3) is 0 Å². The van der Waals surface area contributed by atoms with Crippen LogP contribution in [-0.4, -0.2) is 37.1 Å². The summed E-state index contributed by atoms with van der Waals surface area (Å²) in [5.41, 5.74) is 2.52. The molecule has 3 rings (SSSR count). The van der Waals surface area contributed by atoms with E-state index in [0.29, 0.717) is 38.6 Å². The molecule has 2 aromatic rings. The summed E-state index contributed by atoms with van der Waals surface area (Å²) in [7, 11) is 2.10. The molecule has 0 bridgehead atoms. The second-order valence-corrected chi connectivity index (χ2v) is 8.16. The van der Waals surface area contributed by atoms with E-state index in [0.717, 1.165) is 17.7 Å². The Balaban J connectivity index is 1.77. The highest BCUT2D eigenvalue weighted by Crippen LogP contribution is 2.35. The van der Waals surface area contributed by atoms with E-state index in [2.05, 4.69) is 43.2 Å². The minimum Gasteiger partial charge on any atom is -0.381 e. The molecular weight excluding hydrogens is 367 g/mol. The molecule has 0 radical (unpaired) electrons. The zero-order valence-corrected chi connectivity index (χ0v) is 17.6. The summed E-state index contributed by atoms with van der Waals surface area (Å²) < 4.78 is 18.9. The van der Waals surface area contributed by atoms with E-state index in [-0.39, 0.29) is 11.7 Å². The second kappa shape index (κ2) is 9.51. The van der Waals surface area contributed by atoms with Gasteiger partial charge in [0.15, 0.2) is 0 Å². The standard InChI is InChI=1S/C24H31FN2O2/c1-18(2)27(3)17-20-7-5-4-6-19(20)16-26-23(28)24(12-14-29-15-13-24)21-8-10-22(25)11-9-21/h4-11,18H,12-17H2,1-3H3,(H,26,28). The quantitative estimate of drug-likeness (QED) is 0.766. The molecule has 156 valence electrons. The van der Waals surface area contributed by atoms with Gasteiger partial charge in [-0.1, -0.05) is 36.4 Å². The molecule has 0 atom stereocenters. The maximum Gasteiger partial charge on any atom is 0.231 e. The maximum atomic E-state index is 13.4. The van der Waals surface area contributed by atoms with Gasteiger partial charge in [0, 0.05) is 32.3 Å². The van der Waals surface area contributed by atoms with Crippen molar-refractivity contribution >= 4 is 5.91 Å². The topological polar surface area (TPSA) is 41.6 Å². The van der Waals surface area contributed by atoms with Crippen LogP contribution in [0.2, 0.25) is 0 Å². The van der Waals surface area contributed by atoms with E-state index in [1.165, 1.54) is 17.7 Å². The zero-order chi connectivity index (χ0) is 20.9. The number of benzene rings is 2. The first kappa shape index (κ1) is 21.5. The van der Waals surface area contributed by atoms with Gasteiger partial charge in [-0.05, 0) is 62.6 Å². The van der Waals surface area contributed by atoms with Crippen LogP contribution in [0.25, 0.3) is 0 Å². The average molecular weight is 399 g/mol. The molecule has 29 heavy (non-hydrogen) atoms. The smallest absolute Gasteiger partial charge is 0.231 e. The van der Waals surface area contributed by atoms with Gasteiger partial charge >= 0.3 is 0 Å². The number of amides is 1. The normalized spacial score (nSPS) is 16.2. The Labute approximate surface area is 173 Å². The Morgan fingerprint density at radius 3 is 2.34 bits per heavy atom.